The highest BCUT2D eigenvalue weighted by molar-refractivity contribution is 8.26. The van der Waals surface area contributed by atoms with E-state index in [-0.39, 0.29) is 11.5 Å². The molecule has 152 valence electrons. The van der Waals surface area contributed by atoms with Crippen LogP contribution < -0.4 is 10.5 Å². The highest BCUT2D eigenvalue weighted by atomic mass is 32.2. The highest BCUT2D eigenvalue weighted by Gasteiger charge is 2.32. The molecule has 0 N–H and O–H groups in total. The number of hydrogen-bond acceptors (Lipinski definition) is 7. The monoisotopic (exact) mass is 429 g/mol. The summed E-state index contributed by atoms with van der Waals surface area (Å²) >= 11 is 6.56. The third-order valence-electron chi connectivity index (χ3n) is 5.33. The van der Waals surface area contributed by atoms with Gasteiger partial charge in [0, 0.05) is 38.9 Å². The molecule has 0 spiro atoms. The molecule has 2 fully saturated rings. The molecule has 0 unspecified atom stereocenters. The molecule has 29 heavy (non-hydrogen) atoms. The van der Waals surface area contributed by atoms with Gasteiger partial charge in [0.15, 0.2) is 0 Å². The number of hydrogen-bond donors (Lipinski definition) is 0. The topological polar surface area (TPSA) is 61.2 Å². The smallest absolute Gasteiger partial charge is 0.267 e. The molecule has 4 rings (SSSR count). The van der Waals surface area contributed by atoms with Crippen LogP contribution in [0.3, 0.4) is 0 Å². The van der Waals surface area contributed by atoms with Gasteiger partial charge in [0.05, 0.1) is 10.5 Å². The summed E-state index contributed by atoms with van der Waals surface area (Å²) in [6.07, 6.45) is 3.40. The van der Waals surface area contributed by atoms with Crippen LogP contribution >= 0.6 is 24.0 Å². The van der Waals surface area contributed by atoms with Gasteiger partial charge >= 0.3 is 0 Å². The number of piperazine rings is 1. The van der Waals surface area contributed by atoms with Crippen molar-refractivity contribution in [2.75, 3.05) is 44.7 Å². The van der Waals surface area contributed by atoms with Crippen LogP contribution in [0.2, 0.25) is 0 Å². The first-order valence-electron chi connectivity index (χ1n) is 9.61. The second kappa shape index (κ2) is 7.89. The number of carbonyl (C=O) groups excluding carboxylic acids is 1. The van der Waals surface area contributed by atoms with Gasteiger partial charge in [-0.1, -0.05) is 30.0 Å². The minimum absolute atomic E-state index is 0.152. The minimum atomic E-state index is -0.172. The van der Waals surface area contributed by atoms with Crippen molar-refractivity contribution in [3.05, 3.63) is 44.7 Å². The molecule has 0 radical (unpaired) electrons. The molecule has 0 saturated carbocycles. The standard InChI is InChI=1S/C20H23N5O2S2/c1-4-24-19(27)15(29-20(24)28)12-14-17(23-10-8-22(3)9-11-23)21-16-13(2)6-5-7-25(16)18(14)26/h5-7,12H,4,8-11H2,1-3H3/b15-12-. The van der Waals surface area contributed by atoms with Crippen molar-refractivity contribution in [2.24, 2.45) is 0 Å². The summed E-state index contributed by atoms with van der Waals surface area (Å²) in [4.78, 5) is 37.4. The lowest BCUT2D eigenvalue weighted by atomic mass is 10.2. The highest BCUT2D eigenvalue weighted by Crippen LogP contribution is 2.33. The predicted octanol–water partition coefficient (Wildman–Crippen LogP) is 1.98. The van der Waals surface area contributed by atoms with Gasteiger partial charge < -0.3 is 9.80 Å². The number of fused-ring (bicyclic) bond motifs is 1. The number of rotatable bonds is 3. The zero-order chi connectivity index (χ0) is 20.7. The third-order valence-corrected chi connectivity index (χ3v) is 6.71. The quantitative estimate of drug-likeness (QED) is 0.546. The lowest BCUT2D eigenvalue weighted by Gasteiger charge is -2.34. The van der Waals surface area contributed by atoms with Gasteiger partial charge in [0.1, 0.15) is 15.8 Å². The number of thiocarbonyl (C=S) groups is 1. The molecule has 0 aliphatic carbocycles. The van der Waals surface area contributed by atoms with Crippen molar-refractivity contribution in [3.63, 3.8) is 0 Å². The van der Waals surface area contributed by atoms with Crippen molar-refractivity contribution in [2.45, 2.75) is 13.8 Å². The Morgan fingerprint density at radius 2 is 1.97 bits per heavy atom. The van der Waals surface area contributed by atoms with Gasteiger partial charge in [-0.05, 0) is 38.6 Å². The van der Waals surface area contributed by atoms with Crippen LogP contribution in [-0.2, 0) is 4.79 Å². The van der Waals surface area contributed by atoms with Crippen LogP contribution in [0.25, 0.3) is 11.7 Å². The Bertz CT molecular complexity index is 1090. The van der Waals surface area contributed by atoms with E-state index in [1.54, 1.807) is 21.6 Å². The Kier molecular flexibility index (Phi) is 5.46. The number of nitrogens with zero attached hydrogens (tertiary/aromatic N) is 5. The van der Waals surface area contributed by atoms with Crippen molar-refractivity contribution in [1.82, 2.24) is 19.2 Å². The molecule has 1 amide bonds. The van der Waals surface area contributed by atoms with Crippen molar-refractivity contribution < 1.29 is 4.79 Å². The first-order chi connectivity index (χ1) is 13.9. The molecular weight excluding hydrogens is 406 g/mol. The van der Waals surface area contributed by atoms with E-state index >= 15 is 0 Å². The maximum atomic E-state index is 13.4. The lowest BCUT2D eigenvalue weighted by molar-refractivity contribution is -0.121. The van der Waals surface area contributed by atoms with Crippen molar-refractivity contribution in [3.8, 4) is 0 Å². The minimum Gasteiger partial charge on any atom is -0.353 e. The predicted molar refractivity (Wildman–Crippen MR) is 121 cm³/mol. The molecule has 2 aliphatic heterocycles. The Labute approximate surface area is 179 Å². The van der Waals surface area contributed by atoms with Crippen LogP contribution in [0, 0.1) is 6.92 Å². The first kappa shape index (κ1) is 20.1. The van der Waals surface area contributed by atoms with Gasteiger partial charge in [-0.3, -0.25) is 18.9 Å². The fraction of sp³-hybridized carbons (Fsp3) is 0.400. The maximum absolute atomic E-state index is 13.4. The van der Waals surface area contributed by atoms with Gasteiger partial charge in [-0.2, -0.15) is 0 Å². The molecular formula is C20H23N5O2S2. The molecule has 0 atom stereocenters. The molecule has 4 heterocycles. The Balaban J connectivity index is 1.90. The normalized spacial score (nSPS) is 19.8. The van der Waals surface area contributed by atoms with Crippen molar-refractivity contribution in [1.29, 1.82) is 0 Å². The number of anilines is 1. The van der Waals surface area contributed by atoms with E-state index in [0.717, 1.165) is 31.7 Å². The molecule has 2 aromatic rings. The Morgan fingerprint density at radius 3 is 2.62 bits per heavy atom. The third kappa shape index (κ3) is 3.58. The number of amides is 1. The average Bonchev–Trinajstić information content (AvgIpc) is 2.97. The van der Waals surface area contributed by atoms with Crippen LogP contribution in [0.15, 0.2) is 28.0 Å². The Morgan fingerprint density at radius 1 is 1.24 bits per heavy atom. The summed E-state index contributed by atoms with van der Waals surface area (Å²) in [5, 5.41) is 0. The fourth-order valence-corrected chi connectivity index (χ4v) is 4.96. The van der Waals surface area contributed by atoms with E-state index in [1.165, 1.54) is 11.8 Å². The van der Waals surface area contributed by atoms with Crippen LogP contribution in [0.5, 0.6) is 0 Å². The van der Waals surface area contributed by atoms with E-state index in [4.69, 9.17) is 17.2 Å². The number of thioether (sulfide) groups is 1. The number of likely N-dealkylation sites (N-methyl/N-ethyl adjacent to an activating group) is 2. The summed E-state index contributed by atoms with van der Waals surface area (Å²) in [7, 11) is 2.08. The SMILES string of the molecule is CCN1C(=O)/C(=C/c2c(N3CCN(C)CC3)nc3c(C)cccn3c2=O)SC1=S. The number of pyridine rings is 1. The van der Waals surface area contributed by atoms with Gasteiger partial charge in [0.25, 0.3) is 11.5 Å². The van der Waals surface area contributed by atoms with Crippen LogP contribution in [-0.4, -0.2) is 69.2 Å². The first-order valence-corrected chi connectivity index (χ1v) is 10.8. The molecule has 9 heteroatoms. The van der Waals surface area contributed by atoms with Crippen LogP contribution in [0.4, 0.5) is 5.82 Å². The molecule has 2 saturated heterocycles. The summed E-state index contributed by atoms with van der Waals surface area (Å²) in [6.45, 7) is 7.70. The van der Waals surface area contributed by atoms with Crippen LogP contribution in [0.1, 0.15) is 18.1 Å². The second-order valence-corrected chi connectivity index (χ2v) is 8.93. The van der Waals surface area contributed by atoms with E-state index in [9.17, 15) is 9.59 Å². The maximum Gasteiger partial charge on any atom is 0.267 e. The van der Waals surface area contributed by atoms with Crippen molar-refractivity contribution >= 4 is 51.7 Å². The zero-order valence-corrected chi connectivity index (χ0v) is 18.3. The van der Waals surface area contributed by atoms with E-state index < -0.39 is 0 Å². The zero-order valence-electron chi connectivity index (χ0n) is 16.7. The average molecular weight is 430 g/mol. The summed E-state index contributed by atoms with van der Waals surface area (Å²) in [5.74, 6) is 0.486. The summed E-state index contributed by atoms with van der Waals surface area (Å²) in [5.41, 5.74) is 1.84. The number of carbonyl (C=O) groups is 1. The number of aromatic nitrogens is 2. The lowest BCUT2D eigenvalue weighted by Crippen LogP contribution is -2.45. The molecule has 2 aliphatic rings. The fourth-order valence-electron chi connectivity index (χ4n) is 3.59. The Hall–Kier alpha value is -2.23. The summed E-state index contributed by atoms with van der Waals surface area (Å²) < 4.78 is 2.08. The molecule has 0 bridgehead atoms. The van der Waals surface area contributed by atoms with E-state index in [1.807, 2.05) is 26.0 Å². The largest absolute Gasteiger partial charge is 0.353 e. The van der Waals surface area contributed by atoms with Gasteiger partial charge in [-0.15, -0.1) is 0 Å². The molecule has 0 aromatic carbocycles. The van der Waals surface area contributed by atoms with E-state index in [0.29, 0.717) is 32.8 Å². The molecule has 2 aromatic heterocycles. The van der Waals surface area contributed by atoms with E-state index in [2.05, 4.69) is 16.8 Å². The van der Waals surface area contributed by atoms with Gasteiger partial charge in [0.2, 0.25) is 0 Å². The second-order valence-electron chi connectivity index (χ2n) is 7.26. The summed E-state index contributed by atoms with van der Waals surface area (Å²) in [6, 6.07) is 3.78. The number of aryl methyl sites for hydroxylation is 1. The van der Waals surface area contributed by atoms with Gasteiger partial charge in [-0.25, -0.2) is 4.98 Å². The molecule has 7 nitrogen and oxygen atoms in total.